The molecule has 0 fully saturated rings. The fourth-order valence-electron chi connectivity index (χ4n) is 2.01. The summed E-state index contributed by atoms with van der Waals surface area (Å²) in [7, 11) is 0. The Labute approximate surface area is 112 Å². The van der Waals surface area contributed by atoms with Gasteiger partial charge in [-0.1, -0.05) is 26.8 Å². The third-order valence-corrected chi connectivity index (χ3v) is 3.29. The number of rotatable bonds is 4. The lowest BCUT2D eigenvalue weighted by Gasteiger charge is -2.11. The first kappa shape index (κ1) is 13.0. The molecule has 18 heavy (non-hydrogen) atoms. The number of H-pyrrole nitrogens is 1. The lowest BCUT2D eigenvalue weighted by molar-refractivity contribution is 0.652. The van der Waals surface area contributed by atoms with Crippen molar-refractivity contribution >= 4 is 12.2 Å². The molecule has 96 valence electrons. The summed E-state index contributed by atoms with van der Waals surface area (Å²) in [6, 6.07) is 4.08. The van der Waals surface area contributed by atoms with Gasteiger partial charge in [-0.3, -0.25) is 14.6 Å². The topological polar surface area (TPSA) is 46.5 Å². The van der Waals surface area contributed by atoms with E-state index < -0.39 is 0 Å². The van der Waals surface area contributed by atoms with Crippen LogP contribution in [0, 0.1) is 4.77 Å². The highest BCUT2D eigenvalue weighted by Gasteiger charge is 2.12. The van der Waals surface area contributed by atoms with Crippen LogP contribution in [0.4, 0.5) is 0 Å². The van der Waals surface area contributed by atoms with E-state index in [1.54, 1.807) is 0 Å². The van der Waals surface area contributed by atoms with Crippen molar-refractivity contribution in [1.82, 2.24) is 19.7 Å². The summed E-state index contributed by atoms with van der Waals surface area (Å²) >= 11 is 5.29. The monoisotopic (exact) mass is 262 g/mol. The zero-order valence-corrected chi connectivity index (χ0v) is 11.8. The number of hydrogen-bond donors (Lipinski definition) is 1. The number of aromatic nitrogens is 4. The fourth-order valence-corrected chi connectivity index (χ4v) is 2.21. The van der Waals surface area contributed by atoms with Gasteiger partial charge < -0.3 is 0 Å². The van der Waals surface area contributed by atoms with E-state index in [-0.39, 0.29) is 0 Å². The minimum Gasteiger partial charge on any atom is -0.298 e. The fraction of sp³-hybridized carbons (Fsp3) is 0.462. The number of hydrogen-bond acceptors (Lipinski definition) is 3. The van der Waals surface area contributed by atoms with Gasteiger partial charge in [0.05, 0.1) is 12.2 Å². The maximum atomic E-state index is 5.29. The average Bonchev–Trinajstić information content (AvgIpc) is 2.72. The molecule has 0 saturated carbocycles. The van der Waals surface area contributed by atoms with Crippen molar-refractivity contribution in [2.75, 3.05) is 0 Å². The number of nitrogens with zero attached hydrogens (tertiary/aromatic N) is 3. The van der Waals surface area contributed by atoms with Crippen LogP contribution in [0.3, 0.4) is 0 Å². The zero-order chi connectivity index (χ0) is 13.1. The molecule has 0 unspecified atom stereocenters. The molecule has 0 saturated heterocycles. The highest BCUT2D eigenvalue weighted by atomic mass is 32.1. The second-order valence-electron chi connectivity index (χ2n) is 4.59. The highest BCUT2D eigenvalue weighted by Crippen LogP contribution is 2.15. The molecule has 0 aromatic carbocycles. The Balaban J connectivity index is 2.40. The van der Waals surface area contributed by atoms with Crippen molar-refractivity contribution in [3.63, 3.8) is 0 Å². The van der Waals surface area contributed by atoms with Crippen LogP contribution in [0.5, 0.6) is 0 Å². The van der Waals surface area contributed by atoms with Crippen LogP contribution >= 0.6 is 12.2 Å². The zero-order valence-electron chi connectivity index (χ0n) is 11.0. The van der Waals surface area contributed by atoms with E-state index in [4.69, 9.17) is 12.2 Å². The van der Waals surface area contributed by atoms with E-state index in [2.05, 4.69) is 42.0 Å². The van der Waals surface area contributed by atoms with Gasteiger partial charge in [0.15, 0.2) is 4.77 Å². The van der Waals surface area contributed by atoms with Gasteiger partial charge in [0.2, 0.25) is 0 Å². The van der Waals surface area contributed by atoms with Crippen molar-refractivity contribution < 1.29 is 0 Å². The molecule has 2 aromatic heterocycles. The highest BCUT2D eigenvalue weighted by molar-refractivity contribution is 7.71. The van der Waals surface area contributed by atoms with Gasteiger partial charge in [0.1, 0.15) is 5.82 Å². The summed E-state index contributed by atoms with van der Waals surface area (Å²) in [6.07, 6.45) is 2.80. The first-order valence-electron chi connectivity index (χ1n) is 6.21. The molecule has 0 aliphatic rings. The third kappa shape index (κ3) is 2.51. The quantitative estimate of drug-likeness (QED) is 0.861. The molecule has 2 rings (SSSR count). The number of nitrogens with one attached hydrogen (secondary N) is 1. The van der Waals surface area contributed by atoms with Crippen molar-refractivity contribution in [3.05, 3.63) is 40.2 Å². The minimum absolute atomic E-state index is 0.340. The Kier molecular flexibility index (Phi) is 3.91. The van der Waals surface area contributed by atoms with Crippen molar-refractivity contribution in [2.24, 2.45) is 0 Å². The Morgan fingerprint density at radius 2 is 2.22 bits per heavy atom. The molecular weight excluding hydrogens is 244 g/mol. The van der Waals surface area contributed by atoms with E-state index in [1.165, 1.54) is 5.56 Å². The van der Waals surface area contributed by atoms with Crippen LogP contribution in [0.1, 0.15) is 43.8 Å². The van der Waals surface area contributed by atoms with Crippen molar-refractivity contribution in [2.45, 2.75) is 39.7 Å². The van der Waals surface area contributed by atoms with E-state index in [0.29, 0.717) is 17.2 Å². The molecule has 0 bridgehead atoms. The maximum Gasteiger partial charge on any atom is 0.195 e. The van der Waals surface area contributed by atoms with Crippen molar-refractivity contribution in [3.8, 4) is 0 Å². The number of aromatic amines is 1. The normalized spacial score (nSPS) is 11.1. The summed E-state index contributed by atoms with van der Waals surface area (Å²) in [4.78, 5) is 4.46. The smallest absolute Gasteiger partial charge is 0.195 e. The van der Waals surface area contributed by atoms with E-state index in [0.717, 1.165) is 17.9 Å². The maximum absolute atomic E-state index is 5.29. The number of pyridine rings is 1. The summed E-state index contributed by atoms with van der Waals surface area (Å²) in [5.74, 6) is 1.32. The molecule has 0 atom stereocenters. The molecule has 0 amide bonds. The Morgan fingerprint density at radius 1 is 1.44 bits per heavy atom. The largest absolute Gasteiger partial charge is 0.298 e. The average molecular weight is 262 g/mol. The van der Waals surface area contributed by atoms with Gasteiger partial charge in [0, 0.05) is 12.1 Å². The lowest BCUT2D eigenvalue weighted by atomic mass is 10.1. The van der Waals surface area contributed by atoms with E-state index in [1.807, 2.05) is 16.8 Å². The summed E-state index contributed by atoms with van der Waals surface area (Å²) < 4.78 is 2.69. The van der Waals surface area contributed by atoms with Crippen LogP contribution < -0.4 is 0 Å². The Morgan fingerprint density at radius 3 is 2.89 bits per heavy atom. The molecule has 2 heterocycles. The summed E-state index contributed by atoms with van der Waals surface area (Å²) in [6.45, 7) is 7.05. The molecule has 0 spiro atoms. The van der Waals surface area contributed by atoms with Crippen LogP contribution in [0.2, 0.25) is 0 Å². The van der Waals surface area contributed by atoms with Gasteiger partial charge >= 0.3 is 0 Å². The minimum atomic E-state index is 0.340. The molecule has 0 radical (unpaired) electrons. The number of aryl methyl sites for hydroxylation is 1. The van der Waals surface area contributed by atoms with Gasteiger partial charge in [-0.25, -0.2) is 0 Å². The summed E-state index contributed by atoms with van der Waals surface area (Å²) in [5.41, 5.74) is 2.33. The van der Waals surface area contributed by atoms with Crippen molar-refractivity contribution in [1.29, 1.82) is 0 Å². The van der Waals surface area contributed by atoms with Crippen LogP contribution in [-0.4, -0.2) is 19.7 Å². The van der Waals surface area contributed by atoms with Crippen LogP contribution in [-0.2, 0) is 13.0 Å². The van der Waals surface area contributed by atoms with Crippen LogP contribution in [0.15, 0.2) is 18.3 Å². The van der Waals surface area contributed by atoms with Gasteiger partial charge in [0.25, 0.3) is 0 Å². The molecule has 0 aliphatic heterocycles. The van der Waals surface area contributed by atoms with Gasteiger partial charge in [-0.15, -0.1) is 0 Å². The summed E-state index contributed by atoms with van der Waals surface area (Å²) in [5, 5.41) is 7.15. The predicted molar refractivity (Wildman–Crippen MR) is 74.2 cm³/mol. The molecule has 0 aliphatic carbocycles. The van der Waals surface area contributed by atoms with E-state index in [9.17, 15) is 0 Å². The molecule has 4 nitrogen and oxygen atoms in total. The van der Waals surface area contributed by atoms with Gasteiger partial charge in [-0.2, -0.15) is 5.10 Å². The standard InChI is InChI=1S/C13H18N4S/c1-4-10-6-5-7-14-11(10)8-17-12(9(2)3)15-16-13(17)18/h5-7,9H,4,8H2,1-3H3,(H,16,18). The Hall–Kier alpha value is -1.49. The first-order valence-corrected chi connectivity index (χ1v) is 6.62. The van der Waals surface area contributed by atoms with E-state index >= 15 is 0 Å². The lowest BCUT2D eigenvalue weighted by Crippen LogP contribution is -2.09. The molecule has 1 N–H and O–H groups in total. The van der Waals surface area contributed by atoms with Crippen LogP contribution in [0.25, 0.3) is 0 Å². The Bertz CT molecular complexity index is 583. The molecular formula is C13H18N4S. The molecule has 5 heteroatoms. The third-order valence-electron chi connectivity index (χ3n) is 2.98. The second-order valence-corrected chi connectivity index (χ2v) is 4.98. The second kappa shape index (κ2) is 5.44. The van der Waals surface area contributed by atoms with Gasteiger partial charge in [-0.05, 0) is 30.3 Å². The first-order chi connectivity index (χ1) is 8.63. The molecule has 2 aromatic rings. The predicted octanol–water partition coefficient (Wildman–Crippen LogP) is 3.07. The SMILES string of the molecule is CCc1cccnc1Cn1c(C(C)C)n[nH]c1=S.